The Kier molecular flexibility index (Phi) is 4.18. The smallest absolute Gasteiger partial charge is 0.0899 e. The van der Waals surface area contributed by atoms with E-state index >= 15 is 0 Å². The fourth-order valence-electron chi connectivity index (χ4n) is 2.45. The molecular weight excluding hydrogens is 214 g/mol. The molecule has 0 aromatic carbocycles. The van der Waals surface area contributed by atoms with E-state index in [1.807, 2.05) is 17.9 Å². The standard InChI is InChI=1S/C13H23N3O/c1-4-6-14-8-11-5-7-17-13(11)12-9-15-16(3)10(12)2/h9,11,13-14H,4-8H2,1-3H3. The van der Waals surface area contributed by atoms with Gasteiger partial charge in [0.25, 0.3) is 0 Å². The van der Waals surface area contributed by atoms with Crippen LogP contribution in [0.3, 0.4) is 0 Å². The lowest BCUT2D eigenvalue weighted by atomic mass is 9.95. The maximum Gasteiger partial charge on any atom is 0.0899 e. The predicted molar refractivity (Wildman–Crippen MR) is 67.9 cm³/mol. The lowest BCUT2D eigenvalue weighted by Crippen LogP contribution is -2.25. The monoisotopic (exact) mass is 237 g/mol. The van der Waals surface area contributed by atoms with Crippen molar-refractivity contribution in [1.82, 2.24) is 15.1 Å². The summed E-state index contributed by atoms with van der Waals surface area (Å²) >= 11 is 0. The van der Waals surface area contributed by atoms with Crippen molar-refractivity contribution < 1.29 is 4.74 Å². The van der Waals surface area contributed by atoms with Gasteiger partial charge in [0, 0.05) is 37.4 Å². The molecule has 0 saturated carbocycles. The first-order valence-corrected chi connectivity index (χ1v) is 6.54. The van der Waals surface area contributed by atoms with Crippen LogP contribution in [0.5, 0.6) is 0 Å². The second-order valence-electron chi connectivity index (χ2n) is 4.85. The quantitative estimate of drug-likeness (QED) is 0.794. The molecule has 17 heavy (non-hydrogen) atoms. The molecule has 1 aromatic rings. The van der Waals surface area contributed by atoms with E-state index in [1.165, 1.54) is 17.7 Å². The van der Waals surface area contributed by atoms with Crippen LogP contribution < -0.4 is 5.32 Å². The summed E-state index contributed by atoms with van der Waals surface area (Å²) in [5.41, 5.74) is 2.48. The molecule has 0 aliphatic carbocycles. The van der Waals surface area contributed by atoms with Crippen LogP contribution in [0.15, 0.2) is 6.20 Å². The van der Waals surface area contributed by atoms with Gasteiger partial charge in [0.1, 0.15) is 0 Å². The van der Waals surface area contributed by atoms with Gasteiger partial charge >= 0.3 is 0 Å². The summed E-state index contributed by atoms with van der Waals surface area (Å²) in [5, 5.41) is 7.80. The van der Waals surface area contributed by atoms with Gasteiger partial charge in [-0.05, 0) is 26.3 Å². The molecule has 4 nitrogen and oxygen atoms in total. The predicted octanol–water partition coefficient (Wildman–Crippen LogP) is 1.81. The Balaban J connectivity index is 2.01. The molecule has 96 valence electrons. The minimum absolute atomic E-state index is 0.230. The molecule has 2 atom stereocenters. The summed E-state index contributed by atoms with van der Waals surface area (Å²) in [6, 6.07) is 0. The highest BCUT2D eigenvalue weighted by Gasteiger charge is 2.31. The molecule has 1 N–H and O–H groups in total. The topological polar surface area (TPSA) is 39.1 Å². The first kappa shape index (κ1) is 12.6. The molecule has 0 radical (unpaired) electrons. The third-order valence-corrected chi connectivity index (χ3v) is 3.63. The highest BCUT2D eigenvalue weighted by molar-refractivity contribution is 5.20. The van der Waals surface area contributed by atoms with Crippen molar-refractivity contribution in [3.63, 3.8) is 0 Å². The number of rotatable bonds is 5. The molecule has 0 amide bonds. The van der Waals surface area contributed by atoms with E-state index in [9.17, 15) is 0 Å². The van der Waals surface area contributed by atoms with Gasteiger partial charge in [-0.1, -0.05) is 6.92 Å². The van der Waals surface area contributed by atoms with Crippen molar-refractivity contribution in [2.75, 3.05) is 19.7 Å². The van der Waals surface area contributed by atoms with Gasteiger partial charge in [-0.25, -0.2) is 0 Å². The molecule has 1 aliphatic heterocycles. The fraction of sp³-hybridized carbons (Fsp3) is 0.769. The Labute approximate surface area is 103 Å². The lowest BCUT2D eigenvalue weighted by Gasteiger charge is -2.18. The number of aromatic nitrogens is 2. The van der Waals surface area contributed by atoms with E-state index in [1.54, 1.807) is 0 Å². The Bertz CT molecular complexity index is 362. The summed E-state index contributed by atoms with van der Waals surface area (Å²) in [7, 11) is 1.98. The van der Waals surface area contributed by atoms with Crippen molar-refractivity contribution in [2.45, 2.75) is 32.8 Å². The minimum Gasteiger partial charge on any atom is -0.373 e. The number of nitrogens with zero attached hydrogens (tertiary/aromatic N) is 2. The maximum absolute atomic E-state index is 5.88. The van der Waals surface area contributed by atoms with Crippen molar-refractivity contribution in [3.8, 4) is 0 Å². The minimum atomic E-state index is 0.230. The number of aryl methyl sites for hydroxylation is 1. The second kappa shape index (κ2) is 5.65. The maximum atomic E-state index is 5.88. The van der Waals surface area contributed by atoms with Crippen LogP contribution in [0.2, 0.25) is 0 Å². The summed E-state index contributed by atoms with van der Waals surface area (Å²) in [4.78, 5) is 0. The van der Waals surface area contributed by atoms with Crippen LogP contribution in [0.4, 0.5) is 0 Å². The molecule has 2 heterocycles. The summed E-state index contributed by atoms with van der Waals surface area (Å²) < 4.78 is 7.81. The number of ether oxygens (including phenoxy) is 1. The van der Waals surface area contributed by atoms with Crippen LogP contribution in [0, 0.1) is 12.8 Å². The molecular formula is C13H23N3O. The van der Waals surface area contributed by atoms with Crippen LogP contribution >= 0.6 is 0 Å². The zero-order valence-electron chi connectivity index (χ0n) is 11.1. The van der Waals surface area contributed by atoms with Gasteiger partial charge in [0.15, 0.2) is 0 Å². The molecule has 2 unspecified atom stereocenters. The van der Waals surface area contributed by atoms with Crippen LogP contribution in [-0.2, 0) is 11.8 Å². The van der Waals surface area contributed by atoms with Crippen molar-refractivity contribution in [1.29, 1.82) is 0 Å². The Morgan fingerprint density at radius 3 is 3.06 bits per heavy atom. The fourth-order valence-corrected chi connectivity index (χ4v) is 2.45. The van der Waals surface area contributed by atoms with E-state index in [-0.39, 0.29) is 6.10 Å². The third-order valence-electron chi connectivity index (χ3n) is 3.63. The summed E-state index contributed by atoms with van der Waals surface area (Å²) in [6.45, 7) is 7.32. The van der Waals surface area contributed by atoms with Gasteiger partial charge in [-0.2, -0.15) is 5.10 Å². The van der Waals surface area contributed by atoms with Crippen LogP contribution in [0.1, 0.15) is 37.1 Å². The summed E-state index contributed by atoms with van der Waals surface area (Å²) in [5.74, 6) is 0.587. The third kappa shape index (κ3) is 2.69. The molecule has 1 aliphatic rings. The zero-order valence-corrected chi connectivity index (χ0v) is 11.1. The van der Waals surface area contributed by atoms with Crippen molar-refractivity contribution >= 4 is 0 Å². The number of nitrogens with one attached hydrogen (secondary N) is 1. The van der Waals surface area contributed by atoms with E-state index in [0.29, 0.717) is 5.92 Å². The Hall–Kier alpha value is -0.870. The van der Waals surface area contributed by atoms with E-state index < -0.39 is 0 Å². The largest absolute Gasteiger partial charge is 0.373 e. The van der Waals surface area contributed by atoms with E-state index in [4.69, 9.17) is 4.74 Å². The highest BCUT2D eigenvalue weighted by atomic mass is 16.5. The van der Waals surface area contributed by atoms with Gasteiger partial charge in [0.05, 0.1) is 12.3 Å². The molecule has 0 spiro atoms. The van der Waals surface area contributed by atoms with Crippen molar-refractivity contribution in [3.05, 3.63) is 17.5 Å². The molecule has 1 aromatic heterocycles. The first-order valence-electron chi connectivity index (χ1n) is 6.54. The average molecular weight is 237 g/mol. The van der Waals surface area contributed by atoms with Crippen LogP contribution in [0.25, 0.3) is 0 Å². The molecule has 2 rings (SSSR count). The van der Waals surface area contributed by atoms with Gasteiger partial charge in [-0.15, -0.1) is 0 Å². The van der Waals surface area contributed by atoms with Gasteiger partial charge < -0.3 is 10.1 Å². The Morgan fingerprint density at radius 1 is 1.59 bits per heavy atom. The molecule has 1 fully saturated rings. The van der Waals surface area contributed by atoms with Crippen LogP contribution in [-0.4, -0.2) is 29.5 Å². The second-order valence-corrected chi connectivity index (χ2v) is 4.85. The zero-order chi connectivity index (χ0) is 12.3. The lowest BCUT2D eigenvalue weighted by molar-refractivity contribution is 0.0900. The van der Waals surface area contributed by atoms with Gasteiger partial charge in [-0.3, -0.25) is 4.68 Å². The molecule has 0 bridgehead atoms. The first-order chi connectivity index (χ1) is 8.24. The number of hydrogen-bond acceptors (Lipinski definition) is 3. The van der Waals surface area contributed by atoms with Gasteiger partial charge in [0.2, 0.25) is 0 Å². The molecule has 1 saturated heterocycles. The van der Waals surface area contributed by atoms with E-state index in [2.05, 4.69) is 24.3 Å². The SMILES string of the molecule is CCCNCC1CCOC1c1cnn(C)c1C. The number of hydrogen-bond donors (Lipinski definition) is 1. The summed E-state index contributed by atoms with van der Waals surface area (Å²) in [6.07, 6.45) is 4.52. The van der Waals surface area contributed by atoms with Crippen molar-refractivity contribution in [2.24, 2.45) is 13.0 Å². The average Bonchev–Trinajstić information content (AvgIpc) is 2.89. The highest BCUT2D eigenvalue weighted by Crippen LogP contribution is 2.35. The molecule has 4 heteroatoms. The normalized spacial score (nSPS) is 24.4. The van der Waals surface area contributed by atoms with E-state index in [0.717, 1.165) is 26.1 Å². The Morgan fingerprint density at radius 2 is 2.41 bits per heavy atom.